The van der Waals surface area contributed by atoms with E-state index in [-0.39, 0.29) is 12.2 Å². The third kappa shape index (κ3) is 4.15. The number of nitrogens with zero attached hydrogens (tertiary/aromatic N) is 3. The first kappa shape index (κ1) is 21.0. The topological polar surface area (TPSA) is 96.3 Å². The van der Waals surface area contributed by atoms with Crippen LogP contribution in [0.5, 0.6) is 0 Å². The number of nitrogens with one attached hydrogen (secondary N) is 2. The van der Waals surface area contributed by atoms with Crippen molar-refractivity contribution in [3.8, 4) is 5.69 Å². The molecule has 162 valence electrons. The molecule has 3 heterocycles. The number of anilines is 1. The van der Waals surface area contributed by atoms with Crippen molar-refractivity contribution in [2.45, 2.75) is 20.8 Å². The first-order valence-corrected chi connectivity index (χ1v) is 10.1. The Balaban J connectivity index is 1.51. The predicted molar refractivity (Wildman–Crippen MR) is 121 cm³/mol. The quantitative estimate of drug-likeness (QED) is 0.480. The van der Waals surface area contributed by atoms with Gasteiger partial charge in [0.25, 0.3) is 5.91 Å². The minimum atomic E-state index is -0.624. The van der Waals surface area contributed by atoms with Gasteiger partial charge in [-0.15, -0.1) is 0 Å². The summed E-state index contributed by atoms with van der Waals surface area (Å²) in [5.74, 6) is -0.992. The zero-order valence-corrected chi connectivity index (χ0v) is 18.0. The maximum absolute atomic E-state index is 12.8. The van der Waals surface area contributed by atoms with Gasteiger partial charge in [0.15, 0.2) is 0 Å². The van der Waals surface area contributed by atoms with Crippen molar-refractivity contribution in [3.63, 3.8) is 0 Å². The summed E-state index contributed by atoms with van der Waals surface area (Å²) >= 11 is 0. The van der Waals surface area contributed by atoms with Crippen LogP contribution in [0.2, 0.25) is 0 Å². The van der Waals surface area contributed by atoms with Crippen LogP contribution in [0.3, 0.4) is 0 Å². The molecule has 0 atom stereocenters. The fourth-order valence-corrected chi connectivity index (χ4v) is 3.67. The lowest BCUT2D eigenvalue weighted by Crippen LogP contribution is -2.38. The highest BCUT2D eigenvalue weighted by atomic mass is 16.2. The summed E-state index contributed by atoms with van der Waals surface area (Å²) in [6.07, 6.45) is 5.10. The van der Waals surface area contributed by atoms with Crippen molar-refractivity contribution >= 4 is 29.6 Å². The van der Waals surface area contributed by atoms with E-state index in [4.69, 9.17) is 0 Å². The van der Waals surface area contributed by atoms with Crippen LogP contribution in [0.25, 0.3) is 11.8 Å². The number of hydrogen-bond donors (Lipinski definition) is 2. The summed E-state index contributed by atoms with van der Waals surface area (Å²) in [6.45, 7) is 5.46. The molecule has 0 unspecified atom stereocenters. The Kier molecular flexibility index (Phi) is 5.59. The van der Waals surface area contributed by atoms with Crippen molar-refractivity contribution < 1.29 is 14.4 Å². The van der Waals surface area contributed by atoms with E-state index in [1.165, 1.54) is 0 Å². The van der Waals surface area contributed by atoms with Gasteiger partial charge in [0.05, 0.1) is 11.9 Å². The van der Waals surface area contributed by atoms with Gasteiger partial charge in [-0.3, -0.25) is 14.6 Å². The Bertz CT molecular complexity index is 1230. The molecule has 1 aromatic carbocycles. The monoisotopic (exact) mass is 429 g/mol. The second-order valence-corrected chi connectivity index (χ2v) is 7.67. The zero-order valence-electron chi connectivity index (χ0n) is 18.0. The van der Waals surface area contributed by atoms with Gasteiger partial charge in [0, 0.05) is 23.3 Å². The maximum Gasteiger partial charge on any atom is 0.329 e. The predicted octanol–water partition coefficient (Wildman–Crippen LogP) is 3.33. The Hall–Kier alpha value is -4.20. The molecule has 3 aromatic rings. The number of pyridine rings is 1. The average molecular weight is 429 g/mol. The highest BCUT2D eigenvalue weighted by Crippen LogP contribution is 2.23. The van der Waals surface area contributed by atoms with Crippen molar-refractivity contribution in [1.29, 1.82) is 0 Å². The molecule has 1 aliphatic heterocycles. The lowest BCUT2D eigenvalue weighted by molar-refractivity contribution is -0.127. The van der Waals surface area contributed by atoms with E-state index < -0.39 is 17.8 Å². The average Bonchev–Trinajstić information content (AvgIpc) is 3.19. The van der Waals surface area contributed by atoms with Crippen LogP contribution in [0.4, 0.5) is 10.5 Å². The minimum Gasteiger partial charge on any atom is -0.325 e. The number of carbonyl (C=O) groups is 3. The van der Waals surface area contributed by atoms with Gasteiger partial charge >= 0.3 is 6.03 Å². The number of aryl methyl sites for hydroxylation is 2. The van der Waals surface area contributed by atoms with Crippen LogP contribution in [0.1, 0.15) is 22.5 Å². The SMILES string of the molecule is Cc1ccc(NC(=O)CN2C(=O)N/C(=C/c3cc(C)n(-c4cccnc4)c3C)C2=O)cc1. The molecule has 1 saturated heterocycles. The summed E-state index contributed by atoms with van der Waals surface area (Å²) in [6, 6.07) is 12.4. The first-order valence-electron chi connectivity index (χ1n) is 10.1. The fraction of sp³-hybridized carbons (Fsp3) is 0.167. The number of aromatic nitrogens is 2. The molecular weight excluding hydrogens is 406 g/mol. The summed E-state index contributed by atoms with van der Waals surface area (Å²) < 4.78 is 2.02. The Labute approximate surface area is 185 Å². The Morgan fingerprint density at radius 3 is 2.56 bits per heavy atom. The van der Waals surface area contributed by atoms with Gasteiger partial charge in [-0.25, -0.2) is 9.69 Å². The molecule has 0 radical (unpaired) electrons. The van der Waals surface area contributed by atoms with Crippen molar-refractivity contribution in [2.75, 3.05) is 11.9 Å². The highest BCUT2D eigenvalue weighted by Gasteiger charge is 2.35. The van der Waals surface area contributed by atoms with Crippen molar-refractivity contribution in [3.05, 3.63) is 83.1 Å². The molecule has 0 saturated carbocycles. The number of urea groups is 1. The van der Waals surface area contributed by atoms with Crippen molar-refractivity contribution in [1.82, 2.24) is 19.8 Å². The van der Waals surface area contributed by atoms with E-state index in [1.807, 2.05) is 55.7 Å². The second kappa shape index (κ2) is 8.50. The molecule has 0 spiro atoms. The third-order valence-electron chi connectivity index (χ3n) is 5.27. The maximum atomic E-state index is 12.8. The summed E-state index contributed by atoms with van der Waals surface area (Å²) in [5.41, 5.74) is 5.36. The molecule has 1 aliphatic rings. The Morgan fingerprint density at radius 1 is 1.12 bits per heavy atom. The second-order valence-electron chi connectivity index (χ2n) is 7.67. The van der Waals surface area contributed by atoms with Crippen LogP contribution in [0.15, 0.2) is 60.6 Å². The molecule has 2 aromatic heterocycles. The summed E-state index contributed by atoms with van der Waals surface area (Å²) in [7, 11) is 0. The normalized spacial score (nSPS) is 14.7. The fourth-order valence-electron chi connectivity index (χ4n) is 3.67. The van der Waals surface area contributed by atoms with Crippen molar-refractivity contribution in [2.24, 2.45) is 0 Å². The van der Waals surface area contributed by atoms with Gasteiger partial charge in [0.2, 0.25) is 5.91 Å². The van der Waals surface area contributed by atoms with E-state index >= 15 is 0 Å². The van der Waals surface area contributed by atoms with Gasteiger partial charge in [0.1, 0.15) is 12.2 Å². The van der Waals surface area contributed by atoms with E-state index in [0.717, 1.165) is 33.1 Å². The molecule has 0 aliphatic carbocycles. The first-order chi connectivity index (χ1) is 15.3. The number of rotatable bonds is 5. The van der Waals surface area contributed by atoms with Crippen LogP contribution in [-0.4, -0.2) is 38.8 Å². The standard InChI is InChI=1S/C24H23N5O3/c1-15-6-8-19(9-7-15)26-22(30)14-28-23(31)21(27-24(28)32)12-18-11-16(2)29(17(18)3)20-5-4-10-25-13-20/h4-13H,14H2,1-3H3,(H,26,30)(H,27,32)/b21-12+. The van der Waals surface area contributed by atoms with Crippen LogP contribution in [0, 0.1) is 20.8 Å². The molecule has 4 rings (SSSR count). The van der Waals surface area contributed by atoms with E-state index in [1.54, 1.807) is 30.6 Å². The number of hydrogen-bond acceptors (Lipinski definition) is 4. The minimum absolute atomic E-state index is 0.129. The zero-order chi connectivity index (χ0) is 22.8. The van der Waals surface area contributed by atoms with Gasteiger partial charge in [-0.05, 0) is 62.7 Å². The molecule has 8 nitrogen and oxygen atoms in total. The number of benzene rings is 1. The molecule has 8 heteroatoms. The number of carbonyl (C=O) groups excluding carboxylic acids is 3. The van der Waals surface area contributed by atoms with Crippen LogP contribution >= 0.6 is 0 Å². The lowest BCUT2D eigenvalue weighted by Gasteiger charge is -2.12. The molecule has 4 amide bonds. The molecule has 32 heavy (non-hydrogen) atoms. The summed E-state index contributed by atoms with van der Waals surface area (Å²) in [5, 5.41) is 5.27. The third-order valence-corrected chi connectivity index (χ3v) is 5.27. The smallest absolute Gasteiger partial charge is 0.325 e. The molecule has 2 N–H and O–H groups in total. The summed E-state index contributed by atoms with van der Waals surface area (Å²) in [4.78, 5) is 42.6. The molecule has 1 fully saturated rings. The number of imide groups is 1. The van der Waals surface area contributed by atoms with Crippen LogP contribution in [-0.2, 0) is 9.59 Å². The van der Waals surface area contributed by atoms with E-state index in [0.29, 0.717) is 5.69 Å². The number of amides is 4. The van der Waals surface area contributed by atoms with Crippen LogP contribution < -0.4 is 10.6 Å². The molecular formula is C24H23N5O3. The van der Waals surface area contributed by atoms with Gasteiger partial charge < -0.3 is 15.2 Å². The highest BCUT2D eigenvalue weighted by molar-refractivity contribution is 6.16. The lowest BCUT2D eigenvalue weighted by atomic mass is 10.2. The van der Waals surface area contributed by atoms with Gasteiger partial charge in [-0.1, -0.05) is 17.7 Å². The van der Waals surface area contributed by atoms with E-state index in [2.05, 4.69) is 15.6 Å². The Morgan fingerprint density at radius 2 is 1.88 bits per heavy atom. The van der Waals surface area contributed by atoms with Gasteiger partial charge in [-0.2, -0.15) is 0 Å². The largest absolute Gasteiger partial charge is 0.329 e. The van der Waals surface area contributed by atoms with E-state index in [9.17, 15) is 14.4 Å². The molecule has 0 bridgehead atoms.